The molecule has 3 fully saturated rings. The van der Waals surface area contributed by atoms with Gasteiger partial charge in [-0.15, -0.1) is 22.7 Å². The van der Waals surface area contributed by atoms with Gasteiger partial charge in [0.15, 0.2) is 0 Å². The lowest BCUT2D eigenvalue weighted by molar-refractivity contribution is -0.122. The molecule has 2 aromatic heterocycles. The summed E-state index contributed by atoms with van der Waals surface area (Å²) in [5.41, 5.74) is 1.95. The van der Waals surface area contributed by atoms with Gasteiger partial charge in [-0.05, 0) is 43.7 Å². The minimum atomic E-state index is -0.250. The summed E-state index contributed by atoms with van der Waals surface area (Å²) in [5.74, 6) is 0.881. The fraction of sp³-hybridized carbons (Fsp3) is 0.571. The molecule has 0 unspecified atom stereocenters. The van der Waals surface area contributed by atoms with Gasteiger partial charge >= 0.3 is 0 Å². The van der Waals surface area contributed by atoms with E-state index in [0.29, 0.717) is 30.2 Å². The summed E-state index contributed by atoms with van der Waals surface area (Å²) < 4.78 is 6.52. The van der Waals surface area contributed by atoms with Crippen LogP contribution in [0.2, 0.25) is 0 Å². The maximum absolute atomic E-state index is 12.4. The number of amides is 1. The van der Waals surface area contributed by atoms with E-state index in [-0.39, 0.29) is 18.0 Å². The van der Waals surface area contributed by atoms with Crippen LogP contribution in [-0.2, 0) is 16.1 Å². The van der Waals surface area contributed by atoms with Crippen LogP contribution in [0.4, 0.5) is 0 Å². The van der Waals surface area contributed by atoms with Gasteiger partial charge in [0.2, 0.25) is 0 Å². The molecule has 30 heavy (non-hydrogen) atoms. The monoisotopic (exact) mass is 449 g/mol. The first-order valence-electron chi connectivity index (χ1n) is 10.2. The largest absolute Gasteiger partial charge is 0.483 e. The van der Waals surface area contributed by atoms with Gasteiger partial charge in [-0.1, -0.05) is 0 Å². The van der Waals surface area contributed by atoms with Crippen LogP contribution in [-0.4, -0.2) is 58.7 Å². The van der Waals surface area contributed by atoms with Crippen molar-refractivity contribution in [3.8, 4) is 0 Å². The van der Waals surface area contributed by atoms with Crippen molar-refractivity contribution < 1.29 is 19.4 Å². The number of aromatic nitrogens is 1. The lowest BCUT2D eigenvalue weighted by Crippen LogP contribution is -2.42. The fourth-order valence-corrected chi connectivity index (χ4v) is 6.76. The van der Waals surface area contributed by atoms with Crippen molar-refractivity contribution in [2.24, 2.45) is 11.8 Å². The Morgan fingerprint density at radius 2 is 2.27 bits per heavy atom. The Labute approximate surface area is 184 Å². The van der Waals surface area contributed by atoms with Crippen LogP contribution < -0.4 is 5.32 Å². The number of hydrogen-bond acceptors (Lipinski definition) is 7. The minimum Gasteiger partial charge on any atom is -0.483 e. The van der Waals surface area contributed by atoms with Gasteiger partial charge in [0.1, 0.15) is 5.69 Å². The number of thiophene rings is 1. The number of ether oxygens (including phenoxy) is 1. The first-order chi connectivity index (χ1) is 14.5. The molecule has 2 bridgehead atoms. The van der Waals surface area contributed by atoms with E-state index in [4.69, 9.17) is 14.6 Å². The zero-order chi connectivity index (χ0) is 21.3. The summed E-state index contributed by atoms with van der Waals surface area (Å²) in [7, 11) is 0. The second kappa shape index (κ2) is 8.74. The maximum atomic E-state index is 12.4. The number of thiazole rings is 1. The number of fused-ring (bicyclic) bond motifs is 1. The van der Waals surface area contributed by atoms with Gasteiger partial charge in [-0.25, -0.2) is 4.98 Å². The average molecular weight is 450 g/mol. The van der Waals surface area contributed by atoms with E-state index in [1.165, 1.54) is 21.8 Å². The van der Waals surface area contributed by atoms with Crippen molar-refractivity contribution in [2.75, 3.05) is 19.6 Å². The van der Waals surface area contributed by atoms with Crippen LogP contribution >= 0.6 is 22.7 Å². The van der Waals surface area contributed by atoms with Gasteiger partial charge in [0, 0.05) is 48.3 Å². The first-order valence-corrected chi connectivity index (χ1v) is 11.9. The third kappa shape index (κ3) is 4.03. The molecule has 3 aliphatic rings. The summed E-state index contributed by atoms with van der Waals surface area (Å²) >= 11 is 3.37. The average Bonchev–Trinajstić information content (AvgIpc) is 3.50. The van der Waals surface area contributed by atoms with Crippen molar-refractivity contribution in [1.82, 2.24) is 15.2 Å². The number of carboxylic acid groups (broad SMARTS) is 1. The van der Waals surface area contributed by atoms with Gasteiger partial charge in [0.05, 0.1) is 16.7 Å². The molecule has 3 aliphatic heterocycles. The van der Waals surface area contributed by atoms with Crippen molar-refractivity contribution >= 4 is 35.1 Å². The standard InChI is InChI=1S/C20H25N3O2S2.CH2O2/c1-12-4-6-26-18(12)9-23-8-15-14(17-3-5-20(15,11-23)25-17)7-21-19(24)16-10-27-13(2)22-16;2-1-3/h4,6,10,14-15,17H,3,5,7-9,11H2,1-2H3,(H,21,24);1H,(H,2,3)/t14-,15+,17+,20+;/m0./s1. The summed E-state index contributed by atoms with van der Waals surface area (Å²) in [4.78, 5) is 29.1. The van der Waals surface area contributed by atoms with Crippen molar-refractivity contribution in [3.05, 3.63) is 38.0 Å². The molecular weight excluding hydrogens is 422 g/mol. The molecule has 7 nitrogen and oxygen atoms in total. The molecule has 3 saturated heterocycles. The number of nitrogens with one attached hydrogen (secondary N) is 1. The summed E-state index contributed by atoms with van der Waals surface area (Å²) in [5, 5.41) is 15.0. The topological polar surface area (TPSA) is 91.8 Å². The van der Waals surface area contributed by atoms with Crippen LogP contribution in [0.5, 0.6) is 0 Å². The van der Waals surface area contributed by atoms with Gasteiger partial charge in [0.25, 0.3) is 12.4 Å². The summed E-state index contributed by atoms with van der Waals surface area (Å²) in [6, 6.07) is 2.20. The predicted molar refractivity (Wildman–Crippen MR) is 116 cm³/mol. The van der Waals surface area contributed by atoms with Crippen LogP contribution in [0, 0.1) is 25.7 Å². The van der Waals surface area contributed by atoms with Crippen LogP contribution in [0.3, 0.4) is 0 Å². The molecule has 0 saturated carbocycles. The van der Waals surface area contributed by atoms with E-state index < -0.39 is 0 Å². The predicted octanol–water partition coefficient (Wildman–Crippen LogP) is 2.93. The zero-order valence-corrected chi connectivity index (χ0v) is 18.8. The van der Waals surface area contributed by atoms with Crippen molar-refractivity contribution in [2.45, 2.75) is 44.9 Å². The number of aryl methyl sites for hydroxylation is 2. The summed E-state index contributed by atoms with van der Waals surface area (Å²) in [6.07, 6.45) is 2.59. The van der Waals surface area contributed by atoms with Crippen LogP contribution in [0.25, 0.3) is 0 Å². The molecule has 0 radical (unpaired) electrons. The third-order valence-electron chi connectivity index (χ3n) is 6.54. The molecule has 162 valence electrons. The highest BCUT2D eigenvalue weighted by molar-refractivity contribution is 7.10. The molecular formula is C21H27N3O4S2. The number of carbonyl (C=O) groups excluding carboxylic acids is 1. The van der Waals surface area contributed by atoms with Crippen molar-refractivity contribution in [3.63, 3.8) is 0 Å². The van der Waals surface area contributed by atoms with E-state index in [0.717, 1.165) is 37.5 Å². The summed E-state index contributed by atoms with van der Waals surface area (Å²) in [6.45, 7) is 7.69. The second-order valence-electron chi connectivity index (χ2n) is 8.29. The molecule has 2 N–H and O–H groups in total. The van der Waals surface area contributed by atoms with E-state index in [1.54, 1.807) is 0 Å². The third-order valence-corrected chi connectivity index (χ3v) is 8.32. The fourth-order valence-electron chi connectivity index (χ4n) is 5.22. The van der Waals surface area contributed by atoms with E-state index in [9.17, 15) is 4.79 Å². The highest BCUT2D eigenvalue weighted by atomic mass is 32.1. The minimum absolute atomic E-state index is 0.0163. The molecule has 2 aromatic rings. The van der Waals surface area contributed by atoms with Crippen LogP contribution in [0.15, 0.2) is 16.8 Å². The lowest BCUT2D eigenvalue weighted by atomic mass is 9.73. The number of hydrogen-bond donors (Lipinski definition) is 2. The Morgan fingerprint density at radius 1 is 1.47 bits per heavy atom. The number of carbonyl (C=O) groups is 2. The van der Waals surface area contributed by atoms with Crippen molar-refractivity contribution in [1.29, 1.82) is 0 Å². The smallest absolute Gasteiger partial charge is 0.290 e. The molecule has 0 aromatic carbocycles. The Morgan fingerprint density at radius 3 is 2.93 bits per heavy atom. The number of rotatable bonds is 5. The molecule has 4 atom stereocenters. The highest BCUT2D eigenvalue weighted by Gasteiger charge is 2.62. The SMILES string of the molecule is Cc1nc(C(=O)NC[C@H]2[C@H]3CN(Cc4sccc4C)C[C@]34CC[C@H]2O4)cs1.O=CO. The van der Waals surface area contributed by atoms with E-state index in [1.807, 2.05) is 23.6 Å². The molecule has 1 amide bonds. The van der Waals surface area contributed by atoms with Crippen LogP contribution in [0.1, 0.15) is 38.8 Å². The zero-order valence-electron chi connectivity index (χ0n) is 17.2. The molecule has 9 heteroatoms. The van der Waals surface area contributed by atoms with E-state index >= 15 is 0 Å². The molecule has 1 spiro atoms. The first kappa shape index (κ1) is 21.4. The Kier molecular flexibility index (Phi) is 6.24. The number of likely N-dealkylation sites (tertiary alicyclic amines) is 1. The van der Waals surface area contributed by atoms with Gasteiger partial charge in [-0.2, -0.15) is 0 Å². The Balaban J connectivity index is 0.000000687. The van der Waals surface area contributed by atoms with Gasteiger partial charge in [-0.3, -0.25) is 14.5 Å². The molecule has 5 heterocycles. The van der Waals surface area contributed by atoms with Gasteiger partial charge < -0.3 is 15.2 Å². The normalized spacial score (nSPS) is 29.3. The lowest BCUT2D eigenvalue weighted by Gasteiger charge is -2.29. The number of nitrogens with zero attached hydrogens (tertiary/aromatic N) is 2. The molecule has 5 rings (SSSR count). The quantitative estimate of drug-likeness (QED) is 0.682. The Hall–Kier alpha value is -1.81. The van der Waals surface area contributed by atoms with E-state index in [2.05, 4.69) is 33.6 Å². The maximum Gasteiger partial charge on any atom is 0.290 e. The second-order valence-corrected chi connectivity index (χ2v) is 10.4. The highest BCUT2D eigenvalue weighted by Crippen LogP contribution is 2.54. The Bertz CT molecular complexity index is 914. The molecule has 0 aliphatic carbocycles.